The third-order valence-corrected chi connectivity index (χ3v) is 11.0. The molecule has 3 fully saturated rings. The van der Waals surface area contributed by atoms with E-state index in [-0.39, 0.29) is 18.4 Å². The zero-order chi connectivity index (χ0) is 24.4. The van der Waals surface area contributed by atoms with Crippen LogP contribution >= 0.6 is 11.3 Å². The minimum absolute atomic E-state index is 0.0156. The van der Waals surface area contributed by atoms with Gasteiger partial charge in [-0.15, -0.1) is 0 Å². The molecular weight excluding hydrogens is 497 g/mol. The lowest BCUT2D eigenvalue weighted by Gasteiger charge is -2.33. The first-order valence-electron chi connectivity index (χ1n) is 12.3. The Hall–Kier alpha value is -1.69. The van der Waals surface area contributed by atoms with Crippen LogP contribution in [0.1, 0.15) is 43.2 Å². The van der Waals surface area contributed by atoms with Gasteiger partial charge in [0.25, 0.3) is 10.2 Å². The first kappa shape index (κ1) is 23.7. The second-order valence-electron chi connectivity index (χ2n) is 10.4. The van der Waals surface area contributed by atoms with Gasteiger partial charge in [-0.05, 0) is 74.0 Å². The lowest BCUT2D eigenvalue weighted by Crippen LogP contribution is -2.52. The Kier molecular flexibility index (Phi) is 5.70. The van der Waals surface area contributed by atoms with Gasteiger partial charge in [0.1, 0.15) is 16.6 Å². The normalized spacial score (nSPS) is 30.5. The number of alkyl halides is 3. The molecule has 35 heavy (non-hydrogen) atoms. The Morgan fingerprint density at radius 2 is 1.80 bits per heavy atom. The maximum atomic E-state index is 13.1. The average molecular weight is 527 g/mol. The minimum atomic E-state index is -4.57. The smallest absolute Gasteiger partial charge is 0.362 e. The fourth-order valence-corrected chi connectivity index (χ4v) is 9.31. The number of hydrogen-bond donors (Lipinski definition) is 1. The fourth-order valence-electron chi connectivity index (χ4n) is 6.64. The van der Waals surface area contributed by atoms with Crippen LogP contribution in [0.15, 0.2) is 24.4 Å². The van der Waals surface area contributed by atoms with E-state index in [1.807, 2.05) is 6.20 Å². The monoisotopic (exact) mass is 526 g/mol. The quantitative estimate of drug-likeness (QED) is 0.645. The van der Waals surface area contributed by atoms with Crippen LogP contribution in [0.3, 0.4) is 0 Å². The van der Waals surface area contributed by atoms with Crippen LogP contribution < -0.4 is 9.62 Å². The van der Waals surface area contributed by atoms with Gasteiger partial charge in [0.2, 0.25) is 0 Å². The van der Waals surface area contributed by atoms with E-state index in [1.54, 1.807) is 11.3 Å². The molecule has 2 saturated heterocycles. The van der Waals surface area contributed by atoms with Gasteiger partial charge in [0.15, 0.2) is 0 Å². The highest BCUT2D eigenvalue weighted by Gasteiger charge is 2.60. The number of nitrogens with one attached hydrogen (secondary N) is 1. The molecule has 1 N–H and O–H groups in total. The average Bonchev–Trinajstić information content (AvgIpc) is 3.43. The zero-order valence-electron chi connectivity index (χ0n) is 19.4. The maximum Gasteiger partial charge on any atom is 0.402 e. The number of aromatic nitrogens is 1. The summed E-state index contributed by atoms with van der Waals surface area (Å²) in [5.74, 6) is -0.0459. The molecule has 2 aliphatic carbocycles. The lowest BCUT2D eigenvalue weighted by molar-refractivity contribution is -0.136. The number of rotatable bonds is 3. The topological polar surface area (TPSA) is 65.5 Å². The Labute approximate surface area is 207 Å². The van der Waals surface area contributed by atoms with Gasteiger partial charge < -0.3 is 4.90 Å². The predicted molar refractivity (Wildman–Crippen MR) is 130 cm³/mol. The zero-order valence-corrected chi connectivity index (χ0v) is 21.0. The summed E-state index contributed by atoms with van der Waals surface area (Å²) in [6.07, 6.45) is 4.05. The van der Waals surface area contributed by atoms with E-state index in [1.165, 1.54) is 29.8 Å². The molecule has 2 bridgehead atoms. The largest absolute Gasteiger partial charge is 0.402 e. The summed E-state index contributed by atoms with van der Waals surface area (Å²) in [7, 11) is -4.17. The molecule has 6 rings (SSSR count). The molecule has 11 heteroatoms. The second-order valence-corrected chi connectivity index (χ2v) is 13.1. The van der Waals surface area contributed by atoms with Crippen molar-refractivity contribution < 1.29 is 21.6 Å². The third-order valence-electron chi connectivity index (χ3n) is 8.32. The molecule has 190 valence electrons. The van der Waals surface area contributed by atoms with Crippen LogP contribution in [-0.4, -0.2) is 55.6 Å². The van der Waals surface area contributed by atoms with Gasteiger partial charge in [0, 0.05) is 25.2 Å². The minimum Gasteiger partial charge on any atom is -0.362 e. The van der Waals surface area contributed by atoms with E-state index >= 15 is 0 Å². The van der Waals surface area contributed by atoms with Gasteiger partial charge >= 0.3 is 6.18 Å². The summed E-state index contributed by atoms with van der Waals surface area (Å²) in [5, 5.41) is 2.16. The van der Waals surface area contributed by atoms with Crippen molar-refractivity contribution in [2.45, 2.75) is 56.7 Å². The molecule has 1 spiro atoms. The molecule has 3 atom stereocenters. The molecule has 4 aliphatic rings. The highest BCUT2D eigenvalue weighted by atomic mass is 32.2. The van der Waals surface area contributed by atoms with Gasteiger partial charge in [-0.25, -0.2) is 4.98 Å². The van der Waals surface area contributed by atoms with Gasteiger partial charge in [-0.1, -0.05) is 23.5 Å². The predicted octanol–water partition coefficient (Wildman–Crippen LogP) is 4.38. The summed E-state index contributed by atoms with van der Waals surface area (Å²) in [4.78, 5) is 7.09. The number of thiazole rings is 1. The molecule has 0 amide bonds. The molecule has 6 nitrogen and oxygen atoms in total. The van der Waals surface area contributed by atoms with Gasteiger partial charge in [-0.3, -0.25) is 0 Å². The molecule has 1 aromatic heterocycles. The van der Waals surface area contributed by atoms with E-state index in [0.717, 1.165) is 42.1 Å². The molecule has 3 unspecified atom stereocenters. The molecular formula is C24H29F3N4O2S2. The van der Waals surface area contributed by atoms with Crippen molar-refractivity contribution in [1.82, 2.24) is 14.0 Å². The van der Waals surface area contributed by atoms with E-state index in [2.05, 4.69) is 32.8 Å². The Balaban J connectivity index is 1.27. The number of fused-ring (bicyclic) bond motifs is 1. The summed E-state index contributed by atoms with van der Waals surface area (Å²) in [5.41, 5.74) is 2.54. The summed E-state index contributed by atoms with van der Waals surface area (Å²) in [6.45, 7) is 0.581. The van der Waals surface area contributed by atoms with Crippen molar-refractivity contribution in [3.63, 3.8) is 0 Å². The maximum absolute atomic E-state index is 13.1. The number of hydrogen-bond acceptors (Lipinski definition) is 5. The van der Waals surface area contributed by atoms with Gasteiger partial charge in [0.05, 0.1) is 11.7 Å². The van der Waals surface area contributed by atoms with Crippen molar-refractivity contribution in [2.75, 3.05) is 31.1 Å². The third kappa shape index (κ3) is 4.28. The van der Waals surface area contributed by atoms with Crippen LogP contribution in [-0.2, 0) is 23.1 Å². The first-order chi connectivity index (χ1) is 16.6. The Morgan fingerprint density at radius 3 is 2.51 bits per heavy atom. The first-order valence-corrected chi connectivity index (χ1v) is 14.6. The standard InChI is InChI=1S/C24H29F3N4O2S2/c25-24(26,27)15-31-14-23(29-35(31,32)33)19-6-7-20(23)12-18-10-17(5-4-16(18)11-19)22-28-13-21(34-22)30-8-2-1-3-9-30/h4-5,10,13,19-20,29H,1-3,6-9,11-12,14-15H2. The van der Waals surface area contributed by atoms with Crippen LogP contribution in [0.2, 0.25) is 0 Å². The van der Waals surface area contributed by atoms with Crippen molar-refractivity contribution in [1.29, 1.82) is 0 Å². The molecule has 1 aromatic carbocycles. The second kappa shape index (κ2) is 8.43. The van der Waals surface area contributed by atoms with E-state index < -0.39 is 28.5 Å². The van der Waals surface area contributed by atoms with Crippen LogP contribution in [0.25, 0.3) is 10.6 Å². The summed E-state index contributed by atoms with van der Waals surface area (Å²) in [6, 6.07) is 6.36. The van der Waals surface area contributed by atoms with Crippen LogP contribution in [0.5, 0.6) is 0 Å². The SMILES string of the molecule is O=S1(=O)NC2(CN1CC(F)(F)F)C1CCC2Cc2cc(-c3ncc(N4CCCCC4)s3)ccc2C1. The van der Waals surface area contributed by atoms with Crippen molar-refractivity contribution in [2.24, 2.45) is 11.8 Å². The highest BCUT2D eigenvalue weighted by molar-refractivity contribution is 7.87. The molecule has 2 aromatic rings. The number of halogens is 3. The van der Waals surface area contributed by atoms with Gasteiger partial charge in [-0.2, -0.15) is 30.6 Å². The Bertz CT molecular complexity index is 1230. The van der Waals surface area contributed by atoms with E-state index in [0.29, 0.717) is 17.1 Å². The van der Waals surface area contributed by atoms with Crippen molar-refractivity contribution >= 4 is 26.5 Å². The number of anilines is 1. The fraction of sp³-hybridized carbons (Fsp3) is 0.625. The number of benzene rings is 1. The van der Waals surface area contributed by atoms with E-state index in [4.69, 9.17) is 0 Å². The van der Waals surface area contributed by atoms with Crippen molar-refractivity contribution in [3.05, 3.63) is 35.5 Å². The molecule has 2 aliphatic heterocycles. The molecule has 0 radical (unpaired) electrons. The van der Waals surface area contributed by atoms with Crippen LogP contribution in [0, 0.1) is 11.8 Å². The van der Waals surface area contributed by atoms with Crippen LogP contribution in [0.4, 0.5) is 18.2 Å². The highest BCUT2D eigenvalue weighted by Crippen LogP contribution is 2.51. The Morgan fingerprint density at radius 1 is 1.09 bits per heavy atom. The summed E-state index contributed by atoms with van der Waals surface area (Å²) < 4.78 is 68.0. The van der Waals surface area contributed by atoms with Crippen molar-refractivity contribution in [3.8, 4) is 10.6 Å². The van der Waals surface area contributed by atoms with E-state index in [9.17, 15) is 21.6 Å². The lowest BCUT2D eigenvalue weighted by atomic mass is 9.79. The number of nitrogens with zero attached hydrogens (tertiary/aromatic N) is 3. The molecule has 3 heterocycles. The summed E-state index contributed by atoms with van der Waals surface area (Å²) >= 11 is 1.70. The number of piperidine rings is 1. The molecule has 1 saturated carbocycles.